The Morgan fingerprint density at radius 3 is 2.63 bits per heavy atom. The van der Waals surface area contributed by atoms with Gasteiger partial charge in [0.25, 0.3) is 5.56 Å². The molecule has 1 saturated heterocycles. The van der Waals surface area contributed by atoms with Crippen LogP contribution in [0.4, 0.5) is 5.95 Å². The average Bonchev–Trinajstić information content (AvgIpc) is 2.89. The van der Waals surface area contributed by atoms with Gasteiger partial charge in [-0.25, -0.2) is 4.98 Å². The topological polar surface area (TPSA) is 99.7 Å². The van der Waals surface area contributed by atoms with Crippen molar-refractivity contribution in [1.82, 2.24) is 14.9 Å². The third-order valence-corrected chi connectivity index (χ3v) is 6.13. The van der Waals surface area contributed by atoms with Crippen LogP contribution in [-0.2, 0) is 13.0 Å². The zero-order valence-corrected chi connectivity index (χ0v) is 20.2. The Labute approximate surface area is 205 Å². The smallest absolute Gasteiger partial charge is 0.255 e. The first-order valence-corrected chi connectivity index (χ1v) is 12.2. The number of ether oxygens (including phenoxy) is 2. The minimum Gasteiger partial charge on any atom is -0.497 e. The lowest BCUT2D eigenvalue weighted by Gasteiger charge is -2.26. The molecule has 2 heterocycles. The number of rotatable bonds is 11. The molecule has 1 fully saturated rings. The summed E-state index contributed by atoms with van der Waals surface area (Å²) < 4.78 is 11.0. The fourth-order valence-electron chi connectivity index (χ4n) is 4.18. The van der Waals surface area contributed by atoms with E-state index < -0.39 is 6.10 Å². The third-order valence-electron chi connectivity index (χ3n) is 6.13. The van der Waals surface area contributed by atoms with Crippen molar-refractivity contribution in [2.24, 2.45) is 0 Å². The summed E-state index contributed by atoms with van der Waals surface area (Å²) in [5.74, 6) is 1.83. The van der Waals surface area contributed by atoms with Crippen LogP contribution in [0.15, 0.2) is 59.5 Å². The van der Waals surface area contributed by atoms with Gasteiger partial charge < -0.3 is 19.9 Å². The van der Waals surface area contributed by atoms with E-state index in [-0.39, 0.29) is 18.7 Å². The summed E-state index contributed by atoms with van der Waals surface area (Å²) in [6.45, 7) is 3.56. The number of aromatic amines is 1. The quantitative estimate of drug-likeness (QED) is 0.389. The van der Waals surface area contributed by atoms with Crippen molar-refractivity contribution in [1.29, 1.82) is 0 Å². The first-order chi connectivity index (χ1) is 17.1. The first-order valence-electron chi connectivity index (χ1n) is 12.2. The minimum atomic E-state index is -0.759. The molecule has 8 nitrogen and oxygen atoms in total. The van der Waals surface area contributed by atoms with Crippen molar-refractivity contribution in [3.63, 3.8) is 0 Å². The second-order valence-corrected chi connectivity index (χ2v) is 8.94. The lowest BCUT2D eigenvalue weighted by Crippen LogP contribution is -2.29. The lowest BCUT2D eigenvalue weighted by atomic mass is 10.1. The molecule has 8 heteroatoms. The van der Waals surface area contributed by atoms with Crippen LogP contribution in [0.1, 0.15) is 36.0 Å². The number of nitrogens with zero attached hydrogens (tertiary/aromatic N) is 2. The zero-order valence-electron chi connectivity index (χ0n) is 20.2. The molecular weight excluding hydrogens is 444 g/mol. The van der Waals surface area contributed by atoms with Gasteiger partial charge in [0.2, 0.25) is 5.95 Å². The largest absolute Gasteiger partial charge is 0.497 e. The molecular formula is C27H34N4O4. The Morgan fingerprint density at radius 2 is 1.89 bits per heavy atom. The van der Waals surface area contributed by atoms with Gasteiger partial charge in [-0.2, -0.15) is 0 Å². The molecule has 0 aliphatic carbocycles. The maximum absolute atomic E-state index is 12.4. The SMILES string of the molecule is COc1ccc(Cc2cnc(NCC(O)COc3cccc(CN4CCCCC4)c3)[nH]c2=O)cc1. The van der Waals surface area contributed by atoms with E-state index in [4.69, 9.17) is 9.47 Å². The lowest BCUT2D eigenvalue weighted by molar-refractivity contribution is 0.117. The molecule has 0 amide bonds. The van der Waals surface area contributed by atoms with Gasteiger partial charge >= 0.3 is 0 Å². The Hall–Kier alpha value is -3.36. The molecule has 2 aromatic carbocycles. The highest BCUT2D eigenvalue weighted by Crippen LogP contribution is 2.18. The number of H-pyrrole nitrogens is 1. The van der Waals surface area contributed by atoms with Crippen LogP contribution >= 0.6 is 0 Å². The molecule has 1 aliphatic rings. The summed E-state index contributed by atoms with van der Waals surface area (Å²) in [6, 6.07) is 15.6. The Balaban J connectivity index is 1.23. The maximum Gasteiger partial charge on any atom is 0.255 e. The number of methoxy groups -OCH3 is 1. The Bertz CT molecular complexity index is 1130. The van der Waals surface area contributed by atoms with Gasteiger partial charge in [-0.15, -0.1) is 0 Å². The normalized spacial score (nSPS) is 14.9. The zero-order chi connectivity index (χ0) is 24.5. The Kier molecular flexibility index (Phi) is 8.75. The van der Waals surface area contributed by atoms with Gasteiger partial charge in [0.1, 0.15) is 24.2 Å². The van der Waals surface area contributed by atoms with Crippen molar-refractivity contribution in [2.75, 3.05) is 38.7 Å². The maximum atomic E-state index is 12.4. The van der Waals surface area contributed by atoms with E-state index >= 15 is 0 Å². The highest BCUT2D eigenvalue weighted by molar-refractivity contribution is 5.32. The number of likely N-dealkylation sites (tertiary alicyclic amines) is 1. The van der Waals surface area contributed by atoms with Gasteiger partial charge in [-0.1, -0.05) is 30.7 Å². The van der Waals surface area contributed by atoms with Crippen molar-refractivity contribution in [3.8, 4) is 11.5 Å². The van der Waals surface area contributed by atoms with Crippen LogP contribution < -0.4 is 20.3 Å². The number of piperidine rings is 1. The van der Waals surface area contributed by atoms with E-state index in [2.05, 4.69) is 26.3 Å². The molecule has 186 valence electrons. The van der Waals surface area contributed by atoms with Crippen LogP contribution in [0, 0.1) is 0 Å². The average molecular weight is 479 g/mol. The summed E-state index contributed by atoms with van der Waals surface area (Å²) in [4.78, 5) is 21.9. The van der Waals surface area contributed by atoms with E-state index in [1.807, 2.05) is 42.5 Å². The molecule has 1 aliphatic heterocycles. The number of hydrogen-bond acceptors (Lipinski definition) is 7. The molecule has 0 radical (unpaired) electrons. The summed E-state index contributed by atoms with van der Waals surface area (Å²) in [5, 5.41) is 13.3. The molecule has 1 atom stereocenters. The van der Waals surface area contributed by atoms with Crippen LogP contribution in [0.2, 0.25) is 0 Å². The van der Waals surface area contributed by atoms with Gasteiger partial charge in [0, 0.05) is 31.3 Å². The summed E-state index contributed by atoms with van der Waals surface area (Å²) in [7, 11) is 1.62. The van der Waals surface area contributed by atoms with E-state index in [9.17, 15) is 9.90 Å². The number of hydrogen-bond donors (Lipinski definition) is 3. The van der Waals surface area contributed by atoms with E-state index in [0.29, 0.717) is 17.9 Å². The van der Waals surface area contributed by atoms with Crippen molar-refractivity contribution < 1.29 is 14.6 Å². The fourth-order valence-corrected chi connectivity index (χ4v) is 4.18. The number of aromatic nitrogens is 2. The van der Waals surface area contributed by atoms with Crippen LogP contribution in [0.3, 0.4) is 0 Å². The molecule has 35 heavy (non-hydrogen) atoms. The number of benzene rings is 2. The fraction of sp³-hybridized carbons (Fsp3) is 0.407. The minimum absolute atomic E-state index is 0.139. The standard InChI is InChI=1S/C27H34N4O4/c1-34-24-10-8-20(9-11-24)14-22-16-28-27(30-26(22)33)29-17-23(32)19-35-25-7-5-6-21(15-25)18-31-12-3-2-4-13-31/h5-11,15-16,23,32H,2-4,12-14,17-19H2,1H3,(H2,28,29,30,33). The van der Waals surface area contributed by atoms with Gasteiger partial charge in [-0.05, 0) is 61.3 Å². The Morgan fingerprint density at radius 1 is 1.09 bits per heavy atom. The molecule has 3 aromatic rings. The van der Waals surface area contributed by atoms with Crippen molar-refractivity contribution in [3.05, 3.63) is 81.8 Å². The summed E-state index contributed by atoms with van der Waals surface area (Å²) in [6.07, 6.45) is 5.12. The molecule has 1 unspecified atom stereocenters. The molecule has 4 rings (SSSR count). The molecule has 0 spiro atoms. The second-order valence-electron chi connectivity index (χ2n) is 8.94. The van der Waals surface area contributed by atoms with Crippen LogP contribution in [0.5, 0.6) is 11.5 Å². The third kappa shape index (κ3) is 7.56. The van der Waals surface area contributed by atoms with Crippen molar-refractivity contribution >= 4 is 5.95 Å². The molecule has 0 bridgehead atoms. The number of aliphatic hydroxyl groups is 1. The van der Waals surface area contributed by atoms with Crippen molar-refractivity contribution in [2.45, 2.75) is 38.3 Å². The second kappa shape index (κ2) is 12.4. The van der Waals surface area contributed by atoms with E-state index in [1.165, 1.54) is 24.8 Å². The number of anilines is 1. The predicted molar refractivity (Wildman–Crippen MR) is 136 cm³/mol. The monoisotopic (exact) mass is 478 g/mol. The number of aliphatic hydroxyl groups excluding tert-OH is 1. The highest BCUT2D eigenvalue weighted by Gasteiger charge is 2.12. The summed E-state index contributed by atoms with van der Waals surface area (Å²) in [5.41, 5.74) is 2.56. The summed E-state index contributed by atoms with van der Waals surface area (Å²) >= 11 is 0. The highest BCUT2D eigenvalue weighted by atomic mass is 16.5. The molecule has 3 N–H and O–H groups in total. The molecule has 1 aromatic heterocycles. The van der Waals surface area contributed by atoms with Gasteiger partial charge in [0.15, 0.2) is 0 Å². The van der Waals surface area contributed by atoms with Gasteiger partial charge in [-0.3, -0.25) is 14.7 Å². The van der Waals surface area contributed by atoms with Crippen LogP contribution in [0.25, 0.3) is 0 Å². The van der Waals surface area contributed by atoms with Crippen LogP contribution in [-0.4, -0.2) is 59.4 Å². The predicted octanol–water partition coefficient (Wildman–Crippen LogP) is 3.21. The van der Waals surface area contributed by atoms with E-state index in [0.717, 1.165) is 36.7 Å². The first kappa shape index (κ1) is 24.8. The van der Waals surface area contributed by atoms with E-state index in [1.54, 1.807) is 13.3 Å². The molecule has 0 saturated carbocycles. The number of nitrogens with one attached hydrogen (secondary N) is 2. The van der Waals surface area contributed by atoms with Gasteiger partial charge in [0.05, 0.1) is 7.11 Å².